The molecule has 2 heterocycles. The molecule has 0 radical (unpaired) electrons. The SMILES string of the molecule is COc1ccc([C@H](NC(=O)c2cc(C3CCCCC3)no2)c2ccncc2)cc1. The van der Waals surface area contributed by atoms with Crippen LogP contribution < -0.4 is 10.1 Å². The van der Waals surface area contributed by atoms with E-state index in [1.165, 1.54) is 19.3 Å². The Balaban J connectivity index is 1.55. The average molecular weight is 391 g/mol. The number of methoxy groups -OCH3 is 1. The van der Waals surface area contributed by atoms with Crippen LogP contribution in [0.5, 0.6) is 5.75 Å². The molecule has 6 nitrogen and oxygen atoms in total. The number of ether oxygens (including phenoxy) is 1. The molecule has 1 fully saturated rings. The van der Waals surface area contributed by atoms with Gasteiger partial charge < -0.3 is 14.6 Å². The molecule has 0 bridgehead atoms. The van der Waals surface area contributed by atoms with Crippen molar-refractivity contribution in [2.75, 3.05) is 7.11 Å². The first kappa shape index (κ1) is 19.2. The van der Waals surface area contributed by atoms with Crippen LogP contribution in [-0.2, 0) is 0 Å². The molecular formula is C23H25N3O3. The third-order valence-electron chi connectivity index (χ3n) is 5.54. The van der Waals surface area contributed by atoms with Crippen LogP contribution in [0.1, 0.15) is 71.4 Å². The summed E-state index contributed by atoms with van der Waals surface area (Å²) in [6.45, 7) is 0. The fourth-order valence-electron chi connectivity index (χ4n) is 3.90. The van der Waals surface area contributed by atoms with E-state index in [1.807, 2.05) is 36.4 Å². The number of carbonyl (C=O) groups is 1. The summed E-state index contributed by atoms with van der Waals surface area (Å²) in [5, 5.41) is 7.25. The molecule has 150 valence electrons. The minimum atomic E-state index is -0.334. The van der Waals surface area contributed by atoms with Crippen molar-refractivity contribution in [3.8, 4) is 5.75 Å². The zero-order valence-electron chi connectivity index (χ0n) is 16.5. The molecule has 2 aromatic heterocycles. The molecule has 1 atom stereocenters. The summed E-state index contributed by atoms with van der Waals surface area (Å²) in [6, 6.07) is 12.9. The van der Waals surface area contributed by atoms with Gasteiger partial charge in [-0.3, -0.25) is 9.78 Å². The van der Waals surface area contributed by atoms with E-state index in [1.54, 1.807) is 25.6 Å². The first-order chi connectivity index (χ1) is 14.2. The Kier molecular flexibility index (Phi) is 5.89. The van der Waals surface area contributed by atoms with Crippen LogP contribution in [0.15, 0.2) is 59.4 Å². The Morgan fingerprint density at radius 3 is 2.45 bits per heavy atom. The fourth-order valence-corrected chi connectivity index (χ4v) is 3.90. The van der Waals surface area contributed by atoms with Crippen molar-refractivity contribution in [2.45, 2.75) is 44.1 Å². The van der Waals surface area contributed by atoms with Gasteiger partial charge in [0.25, 0.3) is 5.91 Å². The fraction of sp³-hybridized carbons (Fsp3) is 0.348. The van der Waals surface area contributed by atoms with Crippen LogP contribution in [0.25, 0.3) is 0 Å². The van der Waals surface area contributed by atoms with Gasteiger partial charge in [0, 0.05) is 24.4 Å². The summed E-state index contributed by atoms with van der Waals surface area (Å²) in [5.74, 6) is 1.13. The largest absolute Gasteiger partial charge is 0.497 e. The molecule has 3 aromatic rings. The highest BCUT2D eigenvalue weighted by molar-refractivity contribution is 5.92. The Morgan fingerprint density at radius 2 is 1.76 bits per heavy atom. The third kappa shape index (κ3) is 4.47. The number of benzene rings is 1. The van der Waals surface area contributed by atoms with E-state index in [-0.39, 0.29) is 17.7 Å². The number of hydrogen-bond donors (Lipinski definition) is 1. The van der Waals surface area contributed by atoms with Gasteiger partial charge in [-0.2, -0.15) is 0 Å². The first-order valence-electron chi connectivity index (χ1n) is 10.1. The van der Waals surface area contributed by atoms with Crippen LogP contribution >= 0.6 is 0 Å². The number of aromatic nitrogens is 2. The zero-order chi connectivity index (χ0) is 20.1. The Labute approximate surface area is 170 Å². The van der Waals surface area contributed by atoms with Crippen molar-refractivity contribution in [1.82, 2.24) is 15.5 Å². The number of nitrogens with one attached hydrogen (secondary N) is 1. The quantitative estimate of drug-likeness (QED) is 0.662. The van der Waals surface area contributed by atoms with E-state index < -0.39 is 0 Å². The van der Waals surface area contributed by atoms with Crippen molar-refractivity contribution >= 4 is 5.91 Å². The smallest absolute Gasteiger partial charge is 0.290 e. The van der Waals surface area contributed by atoms with Crippen LogP contribution in [0.4, 0.5) is 0 Å². The Morgan fingerprint density at radius 1 is 1.07 bits per heavy atom. The zero-order valence-corrected chi connectivity index (χ0v) is 16.5. The topological polar surface area (TPSA) is 77.2 Å². The number of carbonyl (C=O) groups excluding carboxylic acids is 1. The van der Waals surface area contributed by atoms with Crippen molar-refractivity contribution in [2.24, 2.45) is 0 Å². The maximum absolute atomic E-state index is 12.9. The van der Waals surface area contributed by atoms with Crippen molar-refractivity contribution in [3.63, 3.8) is 0 Å². The lowest BCUT2D eigenvalue weighted by Gasteiger charge is -2.19. The van der Waals surface area contributed by atoms with Gasteiger partial charge in [0.2, 0.25) is 5.76 Å². The number of amides is 1. The predicted molar refractivity (Wildman–Crippen MR) is 109 cm³/mol. The second kappa shape index (κ2) is 8.90. The van der Waals surface area contributed by atoms with Gasteiger partial charge >= 0.3 is 0 Å². The molecule has 1 saturated carbocycles. The molecule has 1 aliphatic carbocycles. The monoisotopic (exact) mass is 391 g/mol. The summed E-state index contributed by atoms with van der Waals surface area (Å²) >= 11 is 0. The van der Waals surface area contributed by atoms with E-state index in [0.717, 1.165) is 35.4 Å². The van der Waals surface area contributed by atoms with Crippen LogP contribution in [0.3, 0.4) is 0 Å². The van der Waals surface area contributed by atoms with Gasteiger partial charge in [0.15, 0.2) is 0 Å². The summed E-state index contributed by atoms with van der Waals surface area (Å²) in [7, 11) is 1.63. The third-order valence-corrected chi connectivity index (χ3v) is 5.54. The van der Waals surface area contributed by atoms with E-state index in [4.69, 9.17) is 9.26 Å². The molecule has 0 saturated heterocycles. The Bertz CT molecular complexity index is 932. The second-order valence-electron chi connectivity index (χ2n) is 7.41. The lowest BCUT2D eigenvalue weighted by atomic mass is 9.87. The minimum absolute atomic E-state index is 0.248. The van der Waals surface area contributed by atoms with E-state index >= 15 is 0 Å². The van der Waals surface area contributed by atoms with Crippen LogP contribution in [0.2, 0.25) is 0 Å². The van der Waals surface area contributed by atoms with Gasteiger partial charge in [-0.25, -0.2) is 0 Å². The number of pyridine rings is 1. The molecule has 1 aliphatic rings. The molecule has 1 amide bonds. The highest BCUT2D eigenvalue weighted by Gasteiger charge is 2.24. The maximum Gasteiger partial charge on any atom is 0.290 e. The van der Waals surface area contributed by atoms with Gasteiger partial charge in [0.1, 0.15) is 5.75 Å². The number of rotatable bonds is 6. The van der Waals surface area contributed by atoms with Crippen molar-refractivity contribution < 1.29 is 14.1 Å². The van der Waals surface area contributed by atoms with Crippen molar-refractivity contribution in [3.05, 3.63) is 77.4 Å². The maximum atomic E-state index is 12.9. The molecule has 0 spiro atoms. The van der Waals surface area contributed by atoms with E-state index in [9.17, 15) is 4.79 Å². The summed E-state index contributed by atoms with van der Waals surface area (Å²) in [4.78, 5) is 17.0. The molecule has 4 rings (SSSR count). The van der Waals surface area contributed by atoms with E-state index in [2.05, 4.69) is 15.5 Å². The average Bonchev–Trinajstić information content (AvgIpc) is 3.29. The summed E-state index contributed by atoms with van der Waals surface area (Å²) < 4.78 is 10.6. The van der Waals surface area contributed by atoms with Gasteiger partial charge in [0.05, 0.1) is 18.8 Å². The van der Waals surface area contributed by atoms with Gasteiger partial charge in [-0.05, 0) is 48.2 Å². The number of hydrogen-bond acceptors (Lipinski definition) is 5. The lowest BCUT2D eigenvalue weighted by Crippen LogP contribution is -2.29. The van der Waals surface area contributed by atoms with Crippen LogP contribution in [0, 0.1) is 0 Å². The summed E-state index contributed by atoms with van der Waals surface area (Å²) in [5.41, 5.74) is 2.77. The molecule has 0 aliphatic heterocycles. The molecule has 0 unspecified atom stereocenters. The van der Waals surface area contributed by atoms with Gasteiger partial charge in [-0.1, -0.05) is 36.6 Å². The Hall–Kier alpha value is -3.15. The second-order valence-corrected chi connectivity index (χ2v) is 7.41. The summed E-state index contributed by atoms with van der Waals surface area (Å²) in [6.07, 6.45) is 9.35. The van der Waals surface area contributed by atoms with E-state index in [0.29, 0.717) is 5.92 Å². The minimum Gasteiger partial charge on any atom is -0.497 e. The highest BCUT2D eigenvalue weighted by atomic mass is 16.5. The van der Waals surface area contributed by atoms with Crippen molar-refractivity contribution in [1.29, 1.82) is 0 Å². The molecule has 1 N–H and O–H groups in total. The first-order valence-corrected chi connectivity index (χ1v) is 10.1. The van der Waals surface area contributed by atoms with Gasteiger partial charge in [-0.15, -0.1) is 0 Å². The predicted octanol–water partition coefficient (Wildman–Crippen LogP) is 4.65. The molecule has 6 heteroatoms. The van der Waals surface area contributed by atoms with Crippen LogP contribution in [-0.4, -0.2) is 23.2 Å². The molecule has 1 aromatic carbocycles. The number of nitrogens with zero attached hydrogens (tertiary/aromatic N) is 2. The molecule has 29 heavy (non-hydrogen) atoms. The normalized spacial score (nSPS) is 15.6. The molecular weight excluding hydrogens is 366 g/mol. The highest BCUT2D eigenvalue weighted by Crippen LogP contribution is 2.32. The lowest BCUT2D eigenvalue weighted by molar-refractivity contribution is 0.0905. The standard InChI is InChI=1S/C23H25N3O3/c1-28-19-9-7-17(8-10-19)22(18-11-13-24-14-12-18)25-23(27)21-15-20(26-29-21)16-5-3-2-4-6-16/h7-16,22H,2-6H2,1H3,(H,25,27)/t22-/m0/s1.